The second-order valence-corrected chi connectivity index (χ2v) is 16.9. The average molecular weight is 777 g/mol. The number of aliphatic imine (C=N–C) groups is 2. The van der Waals surface area contributed by atoms with Crippen LogP contribution in [0.25, 0.3) is 11.1 Å². The molecule has 6 atom stereocenters. The molecule has 3 aliphatic heterocycles. The minimum absolute atomic E-state index is 0.0390. The molecule has 3 unspecified atom stereocenters. The van der Waals surface area contributed by atoms with Gasteiger partial charge in [0, 0.05) is 43.7 Å². The standard InChI is InChI=1S/C45H56N6O6/c1-25(2)41(48-44(54)56-6)43(53)50-18-8-9-38(50)33-21-37(47-23-33)35-17-16-30(19-27(35)5)28-10-12-29(13-11-28)36-22-34(24-46-36)39-31-14-15-32(20-31)40(39)42(52)51(26(3)4)49-45(55)57-7/h10-13,16-17,19,23-26,31-32,38-41H,8-9,14-15,18,20-22H2,1-7H3,(H,48,54)(H,49,55)/t31?,32?,38-,39?,40+,41-/m0/s1. The highest BCUT2D eigenvalue weighted by Crippen LogP contribution is 2.56. The molecule has 12 heteroatoms. The summed E-state index contributed by atoms with van der Waals surface area (Å²) < 4.78 is 9.60. The number of carbonyl (C=O) groups excluding carboxylic acids is 4. The molecule has 2 saturated carbocycles. The van der Waals surface area contributed by atoms with Crippen LogP contribution in [0.3, 0.4) is 0 Å². The van der Waals surface area contributed by atoms with Crippen LogP contribution >= 0.6 is 0 Å². The van der Waals surface area contributed by atoms with E-state index in [9.17, 15) is 19.2 Å². The fraction of sp³-hybridized carbons (Fsp3) is 0.511. The number of likely N-dealkylation sites (tertiary alicyclic amines) is 1. The molecule has 0 aromatic heterocycles. The summed E-state index contributed by atoms with van der Waals surface area (Å²) in [5.41, 5.74) is 12.5. The number of hydrazine groups is 1. The summed E-state index contributed by atoms with van der Waals surface area (Å²) >= 11 is 0. The fourth-order valence-corrected chi connectivity index (χ4v) is 9.88. The molecule has 2 aromatic rings. The first-order valence-electron chi connectivity index (χ1n) is 20.4. The van der Waals surface area contributed by atoms with Gasteiger partial charge >= 0.3 is 12.2 Å². The SMILES string of the molecule is COC(=O)N[C@H](C(=O)N1CCC[C@H]1C1=CN=C(c2ccc(-c3ccc(C4=NC=C(C5C6CCC(C6)[C@H]5C(=O)N(NC(=O)OC)C(C)C)C4)cc3)cc2C)C1)C(C)C. The van der Waals surface area contributed by atoms with Crippen molar-refractivity contribution in [3.63, 3.8) is 0 Å². The Bertz CT molecular complexity index is 2030. The number of amides is 4. The van der Waals surface area contributed by atoms with Gasteiger partial charge in [-0.15, -0.1) is 0 Å². The van der Waals surface area contributed by atoms with Crippen molar-refractivity contribution in [1.29, 1.82) is 0 Å². The lowest BCUT2D eigenvalue weighted by Gasteiger charge is -2.36. The fourth-order valence-electron chi connectivity index (χ4n) is 9.88. The summed E-state index contributed by atoms with van der Waals surface area (Å²) in [4.78, 5) is 63.3. The van der Waals surface area contributed by atoms with Gasteiger partial charge in [-0.3, -0.25) is 19.6 Å². The van der Waals surface area contributed by atoms with Crippen molar-refractivity contribution in [2.75, 3.05) is 20.8 Å². The third kappa shape index (κ3) is 8.00. The van der Waals surface area contributed by atoms with Crippen LogP contribution in [0.1, 0.15) is 89.3 Å². The largest absolute Gasteiger partial charge is 0.453 e. The maximum atomic E-state index is 14.0. The number of fused-ring (bicyclic) bond motifs is 2. The molecular weight excluding hydrogens is 721 g/mol. The third-order valence-electron chi connectivity index (χ3n) is 12.7. The molecule has 2 aliphatic carbocycles. The van der Waals surface area contributed by atoms with Gasteiger partial charge in [0.25, 0.3) is 0 Å². The van der Waals surface area contributed by atoms with E-state index in [1.165, 1.54) is 24.8 Å². The van der Waals surface area contributed by atoms with E-state index in [2.05, 4.69) is 60.1 Å². The van der Waals surface area contributed by atoms with Crippen LogP contribution in [0, 0.1) is 36.5 Å². The quantitative estimate of drug-likeness (QED) is 0.242. The number of benzene rings is 2. The molecule has 12 nitrogen and oxygen atoms in total. The van der Waals surface area contributed by atoms with Crippen molar-refractivity contribution in [2.45, 2.75) is 97.7 Å². The summed E-state index contributed by atoms with van der Waals surface area (Å²) in [6, 6.07) is 14.2. The molecule has 7 rings (SSSR count). The first-order chi connectivity index (χ1) is 27.4. The van der Waals surface area contributed by atoms with E-state index in [1.54, 1.807) is 0 Å². The highest BCUT2D eigenvalue weighted by Gasteiger charge is 2.53. The molecule has 3 heterocycles. The monoisotopic (exact) mass is 776 g/mol. The maximum absolute atomic E-state index is 14.0. The van der Waals surface area contributed by atoms with Crippen molar-refractivity contribution >= 4 is 35.4 Å². The van der Waals surface area contributed by atoms with Gasteiger partial charge in [-0.25, -0.2) is 20.0 Å². The number of aryl methyl sites for hydroxylation is 1. The van der Waals surface area contributed by atoms with Gasteiger partial charge in [-0.1, -0.05) is 56.3 Å². The van der Waals surface area contributed by atoms with Gasteiger partial charge in [0.15, 0.2) is 0 Å². The topological polar surface area (TPSA) is 142 Å². The lowest BCUT2D eigenvalue weighted by atomic mass is 9.73. The van der Waals surface area contributed by atoms with Crippen LogP contribution in [0.15, 0.2) is 76.0 Å². The predicted molar refractivity (Wildman–Crippen MR) is 219 cm³/mol. The van der Waals surface area contributed by atoms with Crippen molar-refractivity contribution < 1.29 is 28.7 Å². The lowest BCUT2D eigenvalue weighted by Crippen LogP contribution is -2.54. The Hall–Kier alpha value is -5.26. The van der Waals surface area contributed by atoms with Gasteiger partial charge < -0.3 is 19.7 Å². The molecule has 0 radical (unpaired) electrons. The first kappa shape index (κ1) is 40.0. The Balaban J connectivity index is 0.978. The molecule has 2 aromatic carbocycles. The van der Waals surface area contributed by atoms with E-state index in [1.807, 2.05) is 45.0 Å². The Kier molecular flexibility index (Phi) is 11.7. The number of methoxy groups -OCH3 is 2. The number of ether oxygens (including phenoxy) is 2. The Morgan fingerprint density at radius 1 is 0.807 bits per heavy atom. The third-order valence-corrected chi connectivity index (χ3v) is 12.7. The number of hydrogen-bond donors (Lipinski definition) is 2. The van der Waals surface area contributed by atoms with E-state index in [0.29, 0.717) is 31.2 Å². The molecular formula is C45H56N6O6. The van der Waals surface area contributed by atoms with Crippen molar-refractivity contribution in [2.24, 2.45) is 39.6 Å². The Morgan fingerprint density at radius 2 is 1.46 bits per heavy atom. The molecule has 2 N–H and O–H groups in total. The normalized spacial score (nSPS) is 24.2. The smallest absolute Gasteiger partial charge is 0.425 e. The van der Waals surface area contributed by atoms with Crippen LogP contribution in [-0.2, 0) is 19.1 Å². The van der Waals surface area contributed by atoms with Crippen molar-refractivity contribution in [1.82, 2.24) is 20.7 Å². The number of allylic oxidation sites excluding steroid dienone is 1. The molecule has 5 aliphatic rings. The van der Waals surface area contributed by atoms with E-state index in [0.717, 1.165) is 76.9 Å². The van der Waals surface area contributed by atoms with Gasteiger partial charge in [-0.05, 0) is 116 Å². The average Bonchev–Trinajstić information content (AvgIpc) is 4.06. The van der Waals surface area contributed by atoms with Crippen LogP contribution in [0.4, 0.5) is 9.59 Å². The molecule has 3 fully saturated rings. The minimum atomic E-state index is -0.651. The Morgan fingerprint density at radius 3 is 2.14 bits per heavy atom. The summed E-state index contributed by atoms with van der Waals surface area (Å²) in [7, 11) is 2.61. The molecule has 302 valence electrons. The summed E-state index contributed by atoms with van der Waals surface area (Å²) in [5, 5.41) is 4.19. The van der Waals surface area contributed by atoms with Gasteiger partial charge in [0.1, 0.15) is 6.04 Å². The molecule has 4 amide bonds. The molecule has 1 saturated heterocycles. The number of nitrogens with one attached hydrogen (secondary N) is 2. The van der Waals surface area contributed by atoms with Gasteiger partial charge in [-0.2, -0.15) is 0 Å². The van der Waals surface area contributed by atoms with Gasteiger partial charge in [0.2, 0.25) is 11.8 Å². The van der Waals surface area contributed by atoms with Crippen LogP contribution in [-0.4, -0.2) is 84.2 Å². The number of alkyl carbamates (subject to hydrolysis) is 1. The van der Waals surface area contributed by atoms with Crippen LogP contribution in [0.5, 0.6) is 0 Å². The zero-order chi connectivity index (χ0) is 40.5. The summed E-state index contributed by atoms with van der Waals surface area (Å²) in [6.07, 6.45) is 9.04. The van der Waals surface area contributed by atoms with Crippen molar-refractivity contribution in [3.8, 4) is 11.1 Å². The highest BCUT2D eigenvalue weighted by molar-refractivity contribution is 6.06. The predicted octanol–water partition coefficient (Wildman–Crippen LogP) is 7.36. The highest BCUT2D eigenvalue weighted by atomic mass is 16.5. The van der Waals surface area contributed by atoms with Gasteiger partial charge in [0.05, 0.1) is 31.7 Å². The number of nitrogens with zero attached hydrogens (tertiary/aromatic N) is 4. The number of carbonyl (C=O) groups is 4. The first-order valence-corrected chi connectivity index (χ1v) is 20.4. The van der Waals surface area contributed by atoms with E-state index in [4.69, 9.17) is 19.5 Å². The van der Waals surface area contributed by atoms with E-state index < -0.39 is 18.2 Å². The van der Waals surface area contributed by atoms with Crippen LogP contribution < -0.4 is 10.7 Å². The summed E-state index contributed by atoms with van der Waals surface area (Å²) in [6.45, 7) is 10.4. The molecule has 0 spiro atoms. The Labute approximate surface area is 335 Å². The second kappa shape index (κ2) is 16.7. The zero-order valence-electron chi connectivity index (χ0n) is 34.2. The second-order valence-electron chi connectivity index (χ2n) is 16.9. The number of rotatable bonds is 10. The minimum Gasteiger partial charge on any atom is -0.453 e. The van der Waals surface area contributed by atoms with E-state index >= 15 is 0 Å². The molecule has 57 heavy (non-hydrogen) atoms. The summed E-state index contributed by atoms with van der Waals surface area (Å²) in [5.74, 6) is 0.484. The maximum Gasteiger partial charge on any atom is 0.425 e. The molecule has 2 bridgehead atoms. The lowest BCUT2D eigenvalue weighted by molar-refractivity contribution is -0.143. The number of hydrogen-bond acceptors (Lipinski definition) is 8. The van der Waals surface area contributed by atoms with Crippen LogP contribution in [0.2, 0.25) is 0 Å². The zero-order valence-corrected chi connectivity index (χ0v) is 34.2. The van der Waals surface area contributed by atoms with Crippen molar-refractivity contribution in [3.05, 3.63) is 82.7 Å². The van der Waals surface area contributed by atoms with E-state index in [-0.39, 0.29) is 41.7 Å².